The molecule has 0 aliphatic carbocycles. The average Bonchev–Trinajstić information content (AvgIpc) is 2.82. The molecule has 0 atom stereocenters. The van der Waals surface area contributed by atoms with E-state index in [9.17, 15) is 13.2 Å². The van der Waals surface area contributed by atoms with Crippen molar-refractivity contribution in [1.29, 1.82) is 0 Å². The van der Waals surface area contributed by atoms with Gasteiger partial charge in [0.15, 0.2) is 0 Å². The molecule has 0 unspecified atom stereocenters. The van der Waals surface area contributed by atoms with Crippen molar-refractivity contribution in [2.45, 2.75) is 15.5 Å². The lowest BCUT2D eigenvalue weighted by atomic mass is 10.1. The molecule has 1 aliphatic rings. The summed E-state index contributed by atoms with van der Waals surface area (Å²) in [6.07, 6.45) is 0. The maximum Gasteiger partial charge on any atom is 0.255 e. The monoisotopic (exact) mass is 468 g/mol. The van der Waals surface area contributed by atoms with Crippen LogP contribution in [0.15, 0.2) is 88.7 Å². The van der Waals surface area contributed by atoms with Gasteiger partial charge in [0, 0.05) is 28.4 Å². The van der Waals surface area contributed by atoms with Gasteiger partial charge in [-0.2, -0.15) is 4.31 Å². The Morgan fingerprint density at radius 1 is 0.906 bits per heavy atom. The van der Waals surface area contributed by atoms with E-state index in [-0.39, 0.29) is 11.7 Å². The van der Waals surface area contributed by atoms with E-state index in [1.165, 1.54) is 4.31 Å². The molecule has 3 aromatic rings. The zero-order chi connectivity index (χ0) is 22.4. The number of nitrogens with one attached hydrogen (secondary N) is 1. The van der Waals surface area contributed by atoms with Gasteiger partial charge in [-0.3, -0.25) is 4.79 Å². The lowest BCUT2D eigenvalue weighted by Crippen LogP contribution is -2.41. The number of carbonyl (C=O) groups is 1. The van der Waals surface area contributed by atoms with Gasteiger partial charge in [0.2, 0.25) is 10.0 Å². The number of hydrogen-bond acceptors (Lipinski definition) is 5. The summed E-state index contributed by atoms with van der Waals surface area (Å²) >= 11 is 1.58. The smallest absolute Gasteiger partial charge is 0.255 e. The molecular weight excluding hydrogens is 444 g/mol. The summed E-state index contributed by atoms with van der Waals surface area (Å²) in [6.45, 7) is 1.59. The van der Waals surface area contributed by atoms with Gasteiger partial charge < -0.3 is 10.1 Å². The maximum absolute atomic E-state index is 12.8. The SMILES string of the molecule is O=C(Nc1ccccc1Sc1ccccc1)c1ccc(CS(=O)(=O)N2CCOCC2)cc1. The summed E-state index contributed by atoms with van der Waals surface area (Å²) in [5, 5.41) is 2.97. The van der Waals surface area contributed by atoms with Crippen molar-refractivity contribution in [2.75, 3.05) is 31.6 Å². The molecule has 6 nitrogen and oxygen atoms in total. The zero-order valence-corrected chi connectivity index (χ0v) is 19.1. The minimum atomic E-state index is -3.40. The molecule has 32 heavy (non-hydrogen) atoms. The van der Waals surface area contributed by atoms with Crippen LogP contribution >= 0.6 is 11.8 Å². The first-order valence-electron chi connectivity index (χ1n) is 10.3. The first-order chi connectivity index (χ1) is 15.5. The molecule has 1 amide bonds. The summed E-state index contributed by atoms with van der Waals surface area (Å²) in [5.41, 5.74) is 1.84. The van der Waals surface area contributed by atoms with Crippen LogP contribution in [0.4, 0.5) is 5.69 Å². The highest BCUT2D eigenvalue weighted by molar-refractivity contribution is 7.99. The molecule has 1 aliphatic heterocycles. The van der Waals surface area contributed by atoms with Crippen LogP contribution in [0.2, 0.25) is 0 Å². The van der Waals surface area contributed by atoms with Gasteiger partial charge in [0.25, 0.3) is 5.91 Å². The zero-order valence-electron chi connectivity index (χ0n) is 17.4. The predicted molar refractivity (Wildman–Crippen MR) is 126 cm³/mol. The molecule has 4 rings (SSSR count). The Hall–Kier alpha value is -2.65. The molecule has 1 heterocycles. The molecule has 1 N–H and O–H groups in total. The maximum atomic E-state index is 12.8. The fourth-order valence-electron chi connectivity index (χ4n) is 3.35. The fourth-order valence-corrected chi connectivity index (χ4v) is 5.77. The number of para-hydroxylation sites is 1. The highest BCUT2D eigenvalue weighted by Gasteiger charge is 2.24. The number of rotatable bonds is 7. The number of sulfonamides is 1. The van der Waals surface area contributed by atoms with Crippen LogP contribution in [0.3, 0.4) is 0 Å². The topological polar surface area (TPSA) is 75.7 Å². The quantitative estimate of drug-likeness (QED) is 0.561. The number of hydrogen-bond donors (Lipinski definition) is 1. The first kappa shape index (κ1) is 22.5. The Morgan fingerprint density at radius 2 is 1.56 bits per heavy atom. The van der Waals surface area contributed by atoms with Crippen molar-refractivity contribution in [1.82, 2.24) is 4.31 Å². The lowest BCUT2D eigenvalue weighted by Gasteiger charge is -2.26. The molecule has 3 aromatic carbocycles. The number of anilines is 1. The van der Waals surface area contributed by atoms with E-state index >= 15 is 0 Å². The molecule has 0 saturated carbocycles. The van der Waals surface area contributed by atoms with Crippen molar-refractivity contribution < 1.29 is 17.9 Å². The van der Waals surface area contributed by atoms with Gasteiger partial charge in [-0.15, -0.1) is 0 Å². The van der Waals surface area contributed by atoms with Crippen molar-refractivity contribution in [3.8, 4) is 0 Å². The van der Waals surface area contributed by atoms with Gasteiger partial charge in [0.05, 0.1) is 24.7 Å². The third-order valence-electron chi connectivity index (χ3n) is 5.03. The highest BCUT2D eigenvalue weighted by Crippen LogP contribution is 2.33. The van der Waals surface area contributed by atoms with E-state index in [4.69, 9.17) is 4.74 Å². The predicted octanol–water partition coefficient (Wildman–Crippen LogP) is 4.25. The van der Waals surface area contributed by atoms with Crippen molar-refractivity contribution in [2.24, 2.45) is 0 Å². The summed E-state index contributed by atoms with van der Waals surface area (Å²) in [7, 11) is -3.40. The standard InChI is InChI=1S/C24H24N2O4S2/c27-24(25-22-8-4-5-9-23(22)31-21-6-2-1-3-7-21)20-12-10-19(11-13-20)18-32(28,29)26-14-16-30-17-15-26/h1-13H,14-18H2,(H,25,27). The molecule has 1 fully saturated rings. The second-order valence-electron chi connectivity index (χ2n) is 7.33. The van der Waals surface area contributed by atoms with E-state index in [2.05, 4.69) is 5.32 Å². The molecule has 1 saturated heterocycles. The van der Waals surface area contributed by atoms with Crippen LogP contribution in [0.25, 0.3) is 0 Å². The van der Waals surface area contributed by atoms with Crippen LogP contribution in [0.5, 0.6) is 0 Å². The molecule has 0 radical (unpaired) electrons. The first-order valence-corrected chi connectivity index (χ1v) is 12.7. The van der Waals surface area contributed by atoms with Gasteiger partial charge in [-0.25, -0.2) is 8.42 Å². The van der Waals surface area contributed by atoms with Gasteiger partial charge in [-0.1, -0.05) is 54.2 Å². The van der Waals surface area contributed by atoms with Crippen LogP contribution in [-0.4, -0.2) is 44.9 Å². The van der Waals surface area contributed by atoms with Crippen LogP contribution in [0, 0.1) is 0 Å². The number of nitrogens with zero attached hydrogens (tertiary/aromatic N) is 1. The van der Waals surface area contributed by atoms with Crippen molar-refractivity contribution in [3.63, 3.8) is 0 Å². The molecule has 8 heteroatoms. The van der Waals surface area contributed by atoms with Gasteiger partial charge in [0.1, 0.15) is 0 Å². The van der Waals surface area contributed by atoms with Crippen molar-refractivity contribution in [3.05, 3.63) is 90.0 Å². The van der Waals surface area contributed by atoms with E-state index < -0.39 is 10.0 Å². The van der Waals surface area contributed by atoms with Crippen LogP contribution < -0.4 is 5.32 Å². The number of amides is 1. The summed E-state index contributed by atoms with van der Waals surface area (Å²) < 4.78 is 31.9. The van der Waals surface area contributed by atoms with E-state index in [1.54, 1.807) is 36.0 Å². The Labute approximate surface area is 192 Å². The summed E-state index contributed by atoms with van der Waals surface area (Å²) in [4.78, 5) is 14.8. The van der Waals surface area contributed by atoms with E-state index in [0.717, 1.165) is 15.5 Å². The Bertz CT molecular complexity index is 1160. The number of carbonyl (C=O) groups excluding carboxylic acids is 1. The Kier molecular flexibility index (Phi) is 7.26. The van der Waals surface area contributed by atoms with Gasteiger partial charge in [-0.05, 0) is 42.0 Å². The largest absolute Gasteiger partial charge is 0.379 e. The second kappa shape index (κ2) is 10.3. The molecular formula is C24H24N2O4S2. The number of ether oxygens (including phenoxy) is 1. The Morgan fingerprint density at radius 3 is 2.28 bits per heavy atom. The molecule has 0 aromatic heterocycles. The van der Waals surface area contributed by atoms with E-state index in [1.807, 2.05) is 54.6 Å². The molecule has 0 bridgehead atoms. The van der Waals surface area contributed by atoms with E-state index in [0.29, 0.717) is 37.4 Å². The molecule has 0 spiro atoms. The number of morpholine rings is 1. The lowest BCUT2D eigenvalue weighted by molar-refractivity contribution is 0.0729. The summed E-state index contributed by atoms with van der Waals surface area (Å²) in [5.74, 6) is -0.334. The van der Waals surface area contributed by atoms with Crippen molar-refractivity contribution >= 4 is 33.4 Å². The fraction of sp³-hybridized carbons (Fsp3) is 0.208. The third kappa shape index (κ3) is 5.77. The average molecular weight is 469 g/mol. The Balaban J connectivity index is 1.42. The van der Waals surface area contributed by atoms with Gasteiger partial charge >= 0.3 is 0 Å². The molecule has 166 valence electrons. The van der Waals surface area contributed by atoms with Crippen LogP contribution in [0.1, 0.15) is 15.9 Å². The normalized spacial score (nSPS) is 14.8. The summed E-state index contributed by atoms with van der Waals surface area (Å²) in [6, 6.07) is 24.3. The van der Waals surface area contributed by atoms with Crippen LogP contribution in [-0.2, 0) is 20.5 Å². The third-order valence-corrected chi connectivity index (χ3v) is 7.97. The number of benzene rings is 3. The second-order valence-corrected chi connectivity index (χ2v) is 10.4. The minimum Gasteiger partial charge on any atom is -0.379 e. The highest BCUT2D eigenvalue weighted by atomic mass is 32.2. The minimum absolute atomic E-state index is 0.0918.